The summed E-state index contributed by atoms with van der Waals surface area (Å²) < 4.78 is 30.1. The van der Waals surface area contributed by atoms with Crippen molar-refractivity contribution in [2.75, 3.05) is 7.11 Å². The first-order valence-electron chi connectivity index (χ1n) is 3.98. The number of nitrogens with zero attached hydrogens (tertiary/aromatic N) is 1. The third-order valence-electron chi connectivity index (χ3n) is 1.81. The molecule has 1 heterocycles. The Labute approximate surface area is 89.4 Å². The summed E-state index contributed by atoms with van der Waals surface area (Å²) in [5.74, 6) is 0.261. The van der Waals surface area contributed by atoms with Gasteiger partial charge in [-0.1, -0.05) is 15.9 Å². The van der Waals surface area contributed by atoms with Crippen molar-refractivity contribution in [1.82, 2.24) is 4.98 Å². The Kier molecular flexibility index (Phi) is 3.80. The second kappa shape index (κ2) is 4.68. The van der Waals surface area contributed by atoms with Crippen LogP contribution in [0.1, 0.15) is 23.2 Å². The molecule has 1 aromatic rings. The van der Waals surface area contributed by atoms with Gasteiger partial charge in [0.05, 0.1) is 7.11 Å². The number of pyridine rings is 1. The van der Waals surface area contributed by atoms with Crippen LogP contribution in [-0.4, -0.2) is 12.1 Å². The molecule has 0 aliphatic carbocycles. The summed E-state index contributed by atoms with van der Waals surface area (Å²) >= 11 is 3.14. The van der Waals surface area contributed by atoms with Crippen LogP contribution in [0.2, 0.25) is 0 Å². The molecule has 0 radical (unpaired) electrons. The van der Waals surface area contributed by atoms with Crippen molar-refractivity contribution < 1.29 is 13.5 Å². The molecule has 0 aromatic carbocycles. The van der Waals surface area contributed by atoms with Gasteiger partial charge in [-0.3, -0.25) is 0 Å². The lowest BCUT2D eigenvalue weighted by atomic mass is 10.1. The highest BCUT2D eigenvalue weighted by molar-refractivity contribution is 9.08. The summed E-state index contributed by atoms with van der Waals surface area (Å²) in [6, 6.07) is 1.38. The first-order valence-corrected chi connectivity index (χ1v) is 5.10. The van der Waals surface area contributed by atoms with Crippen molar-refractivity contribution in [3.8, 4) is 5.88 Å². The Morgan fingerprint density at radius 2 is 2.21 bits per heavy atom. The van der Waals surface area contributed by atoms with E-state index < -0.39 is 6.43 Å². The molecular formula is C9H10BrF2NO. The first-order chi connectivity index (χ1) is 6.60. The molecule has 0 atom stereocenters. The highest BCUT2D eigenvalue weighted by Gasteiger charge is 2.17. The van der Waals surface area contributed by atoms with Gasteiger partial charge in [0.25, 0.3) is 6.43 Å². The molecule has 0 saturated carbocycles. The second-order valence-electron chi connectivity index (χ2n) is 2.78. The Morgan fingerprint density at radius 3 is 2.64 bits per heavy atom. The molecule has 0 amide bonds. The summed E-state index contributed by atoms with van der Waals surface area (Å²) in [6.07, 6.45) is -2.50. The lowest BCUT2D eigenvalue weighted by molar-refractivity contribution is 0.149. The number of aromatic nitrogens is 1. The monoisotopic (exact) mass is 265 g/mol. The fourth-order valence-corrected chi connectivity index (χ4v) is 1.76. The van der Waals surface area contributed by atoms with E-state index in [0.29, 0.717) is 16.6 Å². The summed E-state index contributed by atoms with van der Waals surface area (Å²) in [6.45, 7) is 1.66. The number of halogens is 3. The number of rotatable bonds is 3. The molecule has 2 nitrogen and oxygen atoms in total. The summed E-state index contributed by atoms with van der Waals surface area (Å²) in [4.78, 5) is 4.02. The summed E-state index contributed by atoms with van der Waals surface area (Å²) in [5, 5.41) is 0.309. The zero-order chi connectivity index (χ0) is 10.7. The van der Waals surface area contributed by atoms with Crippen LogP contribution < -0.4 is 4.74 Å². The topological polar surface area (TPSA) is 22.1 Å². The molecule has 0 saturated heterocycles. The number of aryl methyl sites for hydroxylation is 1. The third-order valence-corrected chi connectivity index (χ3v) is 2.37. The van der Waals surface area contributed by atoms with Gasteiger partial charge in [0, 0.05) is 22.2 Å². The fraction of sp³-hybridized carbons (Fsp3) is 0.444. The zero-order valence-corrected chi connectivity index (χ0v) is 9.44. The van der Waals surface area contributed by atoms with Gasteiger partial charge < -0.3 is 4.74 Å². The van der Waals surface area contributed by atoms with Gasteiger partial charge in [-0.15, -0.1) is 0 Å². The van der Waals surface area contributed by atoms with E-state index in [1.165, 1.54) is 13.2 Å². The van der Waals surface area contributed by atoms with Crippen molar-refractivity contribution in [3.05, 3.63) is 22.9 Å². The molecule has 0 fully saturated rings. The second-order valence-corrected chi connectivity index (χ2v) is 3.34. The molecule has 1 rings (SSSR count). The number of alkyl halides is 3. The Morgan fingerprint density at radius 1 is 1.57 bits per heavy atom. The Bertz CT molecular complexity index is 331. The minimum Gasteiger partial charge on any atom is -0.481 e. The predicted molar refractivity (Wildman–Crippen MR) is 53.1 cm³/mol. The van der Waals surface area contributed by atoms with E-state index in [4.69, 9.17) is 4.74 Å². The van der Waals surface area contributed by atoms with Crippen molar-refractivity contribution in [2.24, 2.45) is 0 Å². The fourth-order valence-electron chi connectivity index (χ4n) is 1.19. The molecule has 5 heteroatoms. The van der Waals surface area contributed by atoms with E-state index in [1.54, 1.807) is 6.92 Å². The van der Waals surface area contributed by atoms with Crippen LogP contribution in [0.15, 0.2) is 6.07 Å². The van der Waals surface area contributed by atoms with Crippen LogP contribution in [-0.2, 0) is 5.33 Å². The number of ether oxygens (including phenoxy) is 1. The Balaban J connectivity index is 3.31. The number of hydrogen-bond acceptors (Lipinski definition) is 2. The van der Waals surface area contributed by atoms with Gasteiger partial charge in [0.15, 0.2) is 0 Å². The van der Waals surface area contributed by atoms with Gasteiger partial charge >= 0.3 is 0 Å². The van der Waals surface area contributed by atoms with Gasteiger partial charge in [-0.25, -0.2) is 13.8 Å². The van der Waals surface area contributed by atoms with Crippen molar-refractivity contribution >= 4 is 15.9 Å². The minimum atomic E-state index is -2.50. The highest BCUT2D eigenvalue weighted by atomic mass is 79.9. The molecular weight excluding hydrogens is 256 g/mol. The van der Waals surface area contributed by atoms with E-state index in [-0.39, 0.29) is 11.4 Å². The lowest BCUT2D eigenvalue weighted by Gasteiger charge is -2.11. The molecule has 14 heavy (non-hydrogen) atoms. The van der Waals surface area contributed by atoms with E-state index in [0.717, 1.165) is 0 Å². The molecule has 1 aromatic heterocycles. The molecule has 0 aliphatic rings. The van der Waals surface area contributed by atoms with Crippen LogP contribution in [0.4, 0.5) is 8.78 Å². The molecule has 0 aliphatic heterocycles. The van der Waals surface area contributed by atoms with Crippen LogP contribution in [0, 0.1) is 6.92 Å². The van der Waals surface area contributed by atoms with E-state index in [2.05, 4.69) is 20.9 Å². The minimum absolute atomic E-state index is 0.0220. The molecule has 0 unspecified atom stereocenters. The molecule has 0 N–H and O–H groups in total. The number of hydrogen-bond donors (Lipinski definition) is 0. The third kappa shape index (κ3) is 2.20. The van der Waals surface area contributed by atoms with Gasteiger partial charge in [0.2, 0.25) is 5.88 Å². The smallest absolute Gasteiger partial charge is 0.264 e. The SMILES string of the molecule is COc1nc(C)cc(C(F)F)c1CBr. The first kappa shape index (κ1) is 11.4. The van der Waals surface area contributed by atoms with E-state index >= 15 is 0 Å². The van der Waals surface area contributed by atoms with E-state index in [1.807, 2.05) is 0 Å². The normalized spacial score (nSPS) is 10.7. The maximum absolute atomic E-state index is 12.6. The maximum Gasteiger partial charge on any atom is 0.264 e. The van der Waals surface area contributed by atoms with Crippen LogP contribution in [0.25, 0.3) is 0 Å². The van der Waals surface area contributed by atoms with Crippen molar-refractivity contribution in [3.63, 3.8) is 0 Å². The molecule has 78 valence electrons. The average molecular weight is 266 g/mol. The Hall–Kier alpha value is -0.710. The van der Waals surface area contributed by atoms with E-state index in [9.17, 15) is 8.78 Å². The van der Waals surface area contributed by atoms with Gasteiger partial charge in [-0.2, -0.15) is 0 Å². The molecule has 0 bridgehead atoms. The number of methoxy groups -OCH3 is 1. The zero-order valence-electron chi connectivity index (χ0n) is 7.85. The van der Waals surface area contributed by atoms with Gasteiger partial charge in [0.1, 0.15) is 0 Å². The quantitative estimate of drug-likeness (QED) is 0.783. The summed E-state index contributed by atoms with van der Waals surface area (Å²) in [7, 11) is 1.42. The average Bonchev–Trinajstić information content (AvgIpc) is 2.16. The molecule has 0 spiro atoms. The summed E-state index contributed by atoms with van der Waals surface area (Å²) in [5.41, 5.74) is 0.918. The van der Waals surface area contributed by atoms with Gasteiger partial charge in [-0.05, 0) is 13.0 Å². The standard InChI is InChI=1S/C9H10BrF2NO/c1-5-3-6(8(11)12)7(4-10)9(13-5)14-2/h3,8H,4H2,1-2H3. The highest BCUT2D eigenvalue weighted by Crippen LogP contribution is 2.30. The maximum atomic E-state index is 12.6. The van der Waals surface area contributed by atoms with Crippen molar-refractivity contribution in [1.29, 1.82) is 0 Å². The van der Waals surface area contributed by atoms with Crippen molar-refractivity contribution in [2.45, 2.75) is 18.7 Å². The van der Waals surface area contributed by atoms with Crippen LogP contribution in [0.5, 0.6) is 5.88 Å². The lowest BCUT2D eigenvalue weighted by Crippen LogP contribution is -2.01. The van der Waals surface area contributed by atoms with Crippen LogP contribution >= 0.6 is 15.9 Å². The predicted octanol–water partition coefficient (Wildman–Crippen LogP) is 3.23. The van der Waals surface area contributed by atoms with Crippen LogP contribution in [0.3, 0.4) is 0 Å². The largest absolute Gasteiger partial charge is 0.481 e.